The molecule has 1 saturated heterocycles. The second-order valence-corrected chi connectivity index (χ2v) is 7.38. The maximum absolute atomic E-state index is 12.9. The van der Waals surface area contributed by atoms with Crippen molar-refractivity contribution in [2.75, 3.05) is 26.7 Å². The van der Waals surface area contributed by atoms with Gasteiger partial charge in [-0.3, -0.25) is 9.69 Å². The molecule has 1 aliphatic heterocycles. The zero-order valence-electron chi connectivity index (χ0n) is 15.8. The minimum Gasteiger partial charge on any atom is -0.464 e. The van der Waals surface area contributed by atoms with Crippen molar-refractivity contribution in [3.8, 4) is 0 Å². The summed E-state index contributed by atoms with van der Waals surface area (Å²) in [6.45, 7) is 2.92. The van der Waals surface area contributed by atoms with E-state index in [0.29, 0.717) is 13.0 Å². The Morgan fingerprint density at radius 1 is 1.07 bits per heavy atom. The van der Waals surface area contributed by atoms with E-state index < -0.39 is 0 Å². The highest BCUT2D eigenvalue weighted by Crippen LogP contribution is 2.26. The van der Waals surface area contributed by atoms with E-state index in [0.717, 1.165) is 29.6 Å². The van der Waals surface area contributed by atoms with Crippen LogP contribution >= 0.6 is 0 Å². The third kappa shape index (κ3) is 3.91. The molecule has 2 heterocycles. The molecule has 0 aliphatic carbocycles. The zero-order chi connectivity index (χ0) is 18.6. The molecule has 4 heteroatoms. The van der Waals surface area contributed by atoms with Crippen molar-refractivity contribution in [1.82, 2.24) is 9.80 Å². The number of amides is 1. The Kier molecular flexibility index (Phi) is 5.26. The Bertz CT molecular complexity index is 897. The molecule has 1 aliphatic rings. The number of carbonyl (C=O) groups is 1. The first-order valence-electron chi connectivity index (χ1n) is 9.70. The van der Waals surface area contributed by atoms with Gasteiger partial charge in [0.05, 0.1) is 18.7 Å². The van der Waals surface area contributed by atoms with Gasteiger partial charge in [-0.2, -0.15) is 0 Å². The van der Waals surface area contributed by atoms with Crippen LogP contribution in [0.2, 0.25) is 0 Å². The number of likely N-dealkylation sites (N-methyl/N-ethyl adjacent to an activating group) is 1. The molecule has 0 N–H and O–H groups in total. The van der Waals surface area contributed by atoms with Crippen LogP contribution < -0.4 is 0 Å². The monoisotopic (exact) mass is 362 g/mol. The van der Waals surface area contributed by atoms with Crippen LogP contribution in [0.15, 0.2) is 65.3 Å². The molecule has 3 aromatic rings. The van der Waals surface area contributed by atoms with Crippen LogP contribution in [0.1, 0.15) is 30.0 Å². The molecular weight excluding hydrogens is 336 g/mol. The first-order valence-corrected chi connectivity index (χ1v) is 9.70. The number of hydrogen-bond acceptors (Lipinski definition) is 3. The van der Waals surface area contributed by atoms with E-state index >= 15 is 0 Å². The highest BCUT2D eigenvalue weighted by molar-refractivity contribution is 5.87. The predicted octanol–water partition coefficient (Wildman–Crippen LogP) is 4.27. The van der Waals surface area contributed by atoms with Crippen LogP contribution in [0.25, 0.3) is 11.0 Å². The lowest BCUT2D eigenvalue weighted by molar-refractivity contribution is -0.129. The van der Waals surface area contributed by atoms with Gasteiger partial charge in [-0.15, -0.1) is 0 Å². The molecule has 0 bridgehead atoms. The van der Waals surface area contributed by atoms with Gasteiger partial charge in [-0.1, -0.05) is 48.5 Å². The summed E-state index contributed by atoms with van der Waals surface area (Å²) < 4.78 is 5.58. The quantitative estimate of drug-likeness (QED) is 0.657. The van der Waals surface area contributed by atoms with E-state index in [4.69, 9.17) is 4.42 Å². The maximum atomic E-state index is 12.9. The highest BCUT2D eigenvalue weighted by atomic mass is 16.3. The van der Waals surface area contributed by atoms with Gasteiger partial charge in [0.15, 0.2) is 0 Å². The molecule has 1 fully saturated rings. The second-order valence-electron chi connectivity index (χ2n) is 7.38. The van der Waals surface area contributed by atoms with Crippen molar-refractivity contribution < 1.29 is 9.21 Å². The van der Waals surface area contributed by atoms with Crippen LogP contribution in [-0.4, -0.2) is 42.4 Å². The van der Waals surface area contributed by atoms with E-state index in [2.05, 4.69) is 29.2 Å². The van der Waals surface area contributed by atoms with E-state index in [9.17, 15) is 4.79 Å². The van der Waals surface area contributed by atoms with Gasteiger partial charge in [-0.05, 0) is 37.6 Å². The molecule has 1 amide bonds. The molecule has 140 valence electrons. The van der Waals surface area contributed by atoms with E-state index in [1.165, 1.54) is 18.4 Å². The van der Waals surface area contributed by atoms with E-state index in [1.807, 2.05) is 42.3 Å². The van der Waals surface area contributed by atoms with Crippen molar-refractivity contribution in [3.05, 3.63) is 72.0 Å². The van der Waals surface area contributed by atoms with Crippen LogP contribution in [0, 0.1) is 0 Å². The Balaban J connectivity index is 1.48. The summed E-state index contributed by atoms with van der Waals surface area (Å²) >= 11 is 0. The fourth-order valence-corrected chi connectivity index (χ4v) is 3.99. The maximum Gasteiger partial charge on any atom is 0.226 e. The fourth-order valence-electron chi connectivity index (χ4n) is 3.99. The first kappa shape index (κ1) is 17.8. The van der Waals surface area contributed by atoms with Gasteiger partial charge >= 0.3 is 0 Å². The van der Waals surface area contributed by atoms with Gasteiger partial charge in [0.25, 0.3) is 0 Å². The summed E-state index contributed by atoms with van der Waals surface area (Å²) in [4.78, 5) is 17.3. The Morgan fingerprint density at radius 2 is 1.78 bits per heavy atom. The summed E-state index contributed by atoms with van der Waals surface area (Å²) in [5.41, 5.74) is 3.08. The van der Waals surface area contributed by atoms with Crippen molar-refractivity contribution in [2.24, 2.45) is 0 Å². The third-order valence-corrected chi connectivity index (χ3v) is 5.54. The van der Waals surface area contributed by atoms with Crippen LogP contribution in [0.4, 0.5) is 0 Å². The molecule has 0 saturated carbocycles. The summed E-state index contributed by atoms with van der Waals surface area (Å²) in [6, 6.07) is 18.7. The van der Waals surface area contributed by atoms with E-state index in [-0.39, 0.29) is 11.9 Å². The lowest BCUT2D eigenvalue weighted by atomic mass is 10.0. The predicted molar refractivity (Wildman–Crippen MR) is 108 cm³/mol. The van der Waals surface area contributed by atoms with Gasteiger partial charge < -0.3 is 9.32 Å². The summed E-state index contributed by atoms with van der Waals surface area (Å²) in [7, 11) is 1.91. The Labute approximate surface area is 160 Å². The zero-order valence-corrected chi connectivity index (χ0v) is 15.8. The standard InChI is InChI=1S/C23H26N2O2/c1-24(23(26)15-19-17-27-22-12-6-5-11-20(19)22)16-21(25-13-7-8-14-25)18-9-3-2-4-10-18/h2-6,9-12,17,21H,7-8,13-16H2,1H3. The molecule has 1 unspecified atom stereocenters. The Hall–Kier alpha value is -2.59. The van der Waals surface area contributed by atoms with Crippen LogP contribution in [0.3, 0.4) is 0 Å². The number of rotatable bonds is 6. The highest BCUT2D eigenvalue weighted by Gasteiger charge is 2.26. The number of hydrogen-bond donors (Lipinski definition) is 0. The summed E-state index contributed by atoms with van der Waals surface area (Å²) in [5.74, 6) is 0.127. The number of furan rings is 1. The minimum absolute atomic E-state index is 0.127. The van der Waals surface area contributed by atoms with Crippen molar-refractivity contribution in [2.45, 2.75) is 25.3 Å². The van der Waals surface area contributed by atoms with Gasteiger partial charge in [0.2, 0.25) is 5.91 Å². The molecule has 0 radical (unpaired) electrons. The number of benzene rings is 2. The first-order chi connectivity index (χ1) is 13.2. The largest absolute Gasteiger partial charge is 0.464 e. The molecule has 1 aromatic heterocycles. The average Bonchev–Trinajstić information content (AvgIpc) is 3.37. The molecule has 4 nitrogen and oxygen atoms in total. The van der Waals surface area contributed by atoms with Crippen molar-refractivity contribution in [1.29, 1.82) is 0 Å². The summed E-state index contributed by atoms with van der Waals surface area (Å²) in [5, 5.41) is 1.03. The van der Waals surface area contributed by atoms with Crippen molar-refractivity contribution in [3.63, 3.8) is 0 Å². The van der Waals surface area contributed by atoms with Crippen LogP contribution in [-0.2, 0) is 11.2 Å². The fraction of sp³-hybridized carbons (Fsp3) is 0.348. The molecule has 0 spiro atoms. The number of nitrogens with zero attached hydrogens (tertiary/aromatic N) is 2. The Morgan fingerprint density at radius 3 is 2.56 bits per heavy atom. The molecule has 4 rings (SSSR count). The third-order valence-electron chi connectivity index (χ3n) is 5.54. The molecule has 27 heavy (non-hydrogen) atoms. The number of para-hydroxylation sites is 1. The summed E-state index contributed by atoms with van der Waals surface area (Å²) in [6.07, 6.45) is 4.56. The normalized spacial score (nSPS) is 15.9. The second kappa shape index (κ2) is 7.97. The SMILES string of the molecule is CN(CC(c1ccccc1)N1CCCC1)C(=O)Cc1coc2ccccc12. The molecule has 1 atom stereocenters. The number of likely N-dealkylation sites (tertiary alicyclic amines) is 1. The van der Waals surface area contributed by atoms with Crippen LogP contribution in [0.5, 0.6) is 0 Å². The van der Waals surface area contributed by atoms with Crippen molar-refractivity contribution >= 4 is 16.9 Å². The number of fused-ring (bicyclic) bond motifs is 1. The molecule has 2 aromatic carbocycles. The number of carbonyl (C=O) groups excluding carboxylic acids is 1. The van der Waals surface area contributed by atoms with E-state index in [1.54, 1.807) is 6.26 Å². The lowest BCUT2D eigenvalue weighted by Gasteiger charge is -2.32. The van der Waals surface area contributed by atoms with Gasteiger partial charge in [-0.25, -0.2) is 0 Å². The smallest absolute Gasteiger partial charge is 0.226 e. The topological polar surface area (TPSA) is 36.7 Å². The van der Waals surface area contributed by atoms with Gasteiger partial charge in [0.1, 0.15) is 5.58 Å². The van der Waals surface area contributed by atoms with Gasteiger partial charge in [0, 0.05) is 24.5 Å². The average molecular weight is 362 g/mol. The molecular formula is C23H26N2O2. The lowest BCUT2D eigenvalue weighted by Crippen LogP contribution is -2.38. The minimum atomic E-state index is 0.127.